The molecule has 0 spiro atoms. The van der Waals surface area contributed by atoms with E-state index in [2.05, 4.69) is 5.32 Å². The van der Waals surface area contributed by atoms with E-state index in [4.69, 9.17) is 17.3 Å². The monoisotopic (exact) mass is 291 g/mol. The van der Waals surface area contributed by atoms with Crippen LogP contribution in [-0.4, -0.2) is 24.5 Å². The number of carbonyl (C=O) groups excluding carboxylic acids is 1. The molecule has 0 aromatic heterocycles. The maximum absolute atomic E-state index is 11.9. The summed E-state index contributed by atoms with van der Waals surface area (Å²) >= 11 is 0. The average Bonchev–Trinajstić information content (AvgIpc) is 2.43. The van der Waals surface area contributed by atoms with Crippen molar-refractivity contribution in [2.45, 2.75) is 25.7 Å². The van der Waals surface area contributed by atoms with Crippen LogP contribution in [0.25, 0.3) is 5.70 Å². The Morgan fingerprint density at radius 2 is 2.00 bits per heavy atom. The van der Waals surface area contributed by atoms with Gasteiger partial charge in [-0.3, -0.25) is 4.79 Å². The van der Waals surface area contributed by atoms with Crippen molar-refractivity contribution >= 4 is 17.3 Å². The molecule has 21 heavy (non-hydrogen) atoms. The van der Waals surface area contributed by atoms with Gasteiger partial charge in [0, 0.05) is 25.2 Å². The van der Waals surface area contributed by atoms with Gasteiger partial charge in [-0.1, -0.05) is 24.6 Å². The minimum Gasteiger partial charge on any atom is -0.397 e. The van der Waals surface area contributed by atoms with E-state index < -0.39 is 0 Å². The Morgan fingerprint density at radius 3 is 2.67 bits per heavy atom. The Balaban J connectivity index is 2.69. The minimum atomic E-state index is -0.0200. The number of para-hydroxylation sites is 1. The molecule has 0 radical (unpaired) electrons. The lowest BCUT2D eigenvalue weighted by Gasteiger charge is -2.13. The van der Waals surface area contributed by atoms with E-state index >= 15 is 0 Å². The first kappa shape index (κ1) is 17.0. The van der Waals surface area contributed by atoms with Crippen molar-refractivity contribution in [1.29, 1.82) is 0 Å². The van der Waals surface area contributed by atoms with Gasteiger partial charge in [-0.15, -0.1) is 0 Å². The lowest BCUT2D eigenvalue weighted by molar-refractivity contribution is -0.116. The summed E-state index contributed by atoms with van der Waals surface area (Å²) in [4.78, 5) is 11.9. The van der Waals surface area contributed by atoms with Crippen LogP contribution in [-0.2, 0) is 4.79 Å². The van der Waals surface area contributed by atoms with Crippen LogP contribution in [0.5, 0.6) is 0 Å². The second-order valence-corrected chi connectivity index (χ2v) is 4.94. The van der Waals surface area contributed by atoms with Crippen LogP contribution in [0.3, 0.4) is 0 Å². The molecule has 1 amide bonds. The third-order valence-electron chi connectivity index (χ3n) is 2.96. The number of rotatable bonds is 8. The van der Waals surface area contributed by atoms with Crippen LogP contribution in [0.4, 0.5) is 5.69 Å². The molecule has 0 unspecified atom stereocenters. The SMILES string of the molecule is CN(N)/C=C(\N)c1ccccc1NC(=O)CCCCCN. The predicted octanol–water partition coefficient (Wildman–Crippen LogP) is 1.21. The zero-order valence-corrected chi connectivity index (χ0v) is 12.5. The van der Waals surface area contributed by atoms with Crippen LogP contribution in [0.2, 0.25) is 0 Å². The second-order valence-electron chi connectivity index (χ2n) is 4.94. The van der Waals surface area contributed by atoms with Crippen molar-refractivity contribution in [3.8, 4) is 0 Å². The first-order valence-electron chi connectivity index (χ1n) is 7.08. The van der Waals surface area contributed by atoms with E-state index in [0.717, 1.165) is 24.8 Å². The van der Waals surface area contributed by atoms with E-state index in [1.165, 1.54) is 5.01 Å². The molecule has 0 saturated carbocycles. The van der Waals surface area contributed by atoms with Gasteiger partial charge in [0.15, 0.2) is 0 Å². The molecule has 0 heterocycles. The summed E-state index contributed by atoms with van der Waals surface area (Å²) in [6.07, 6.45) is 4.83. The molecule has 0 aliphatic carbocycles. The third kappa shape index (κ3) is 6.29. The summed E-state index contributed by atoms with van der Waals surface area (Å²) < 4.78 is 0. The fourth-order valence-corrected chi connectivity index (χ4v) is 1.95. The van der Waals surface area contributed by atoms with Gasteiger partial charge in [-0.05, 0) is 25.5 Å². The summed E-state index contributed by atoms with van der Waals surface area (Å²) in [6.45, 7) is 0.665. The number of anilines is 1. The van der Waals surface area contributed by atoms with Crippen molar-refractivity contribution in [2.75, 3.05) is 18.9 Å². The van der Waals surface area contributed by atoms with Crippen LogP contribution in [0.15, 0.2) is 30.5 Å². The van der Waals surface area contributed by atoms with Gasteiger partial charge in [0.05, 0.1) is 11.4 Å². The number of nitrogens with two attached hydrogens (primary N) is 3. The van der Waals surface area contributed by atoms with Crippen LogP contribution >= 0.6 is 0 Å². The molecular formula is C15H25N5O. The summed E-state index contributed by atoms with van der Waals surface area (Å²) in [6, 6.07) is 7.39. The topological polar surface area (TPSA) is 110 Å². The van der Waals surface area contributed by atoms with Crippen LogP contribution in [0, 0.1) is 0 Å². The third-order valence-corrected chi connectivity index (χ3v) is 2.96. The number of hydrogen-bond acceptors (Lipinski definition) is 5. The summed E-state index contributed by atoms with van der Waals surface area (Å²) in [5.41, 5.74) is 13.4. The van der Waals surface area contributed by atoms with Gasteiger partial charge in [0.1, 0.15) is 0 Å². The van der Waals surface area contributed by atoms with Crippen molar-refractivity contribution < 1.29 is 4.79 Å². The Kier molecular flexibility index (Phi) is 7.28. The fraction of sp³-hybridized carbons (Fsp3) is 0.400. The molecule has 1 aromatic carbocycles. The Morgan fingerprint density at radius 1 is 1.29 bits per heavy atom. The summed E-state index contributed by atoms with van der Waals surface area (Å²) in [5.74, 6) is 5.54. The smallest absolute Gasteiger partial charge is 0.224 e. The molecule has 0 atom stereocenters. The van der Waals surface area contributed by atoms with Crippen molar-refractivity contribution in [1.82, 2.24) is 5.01 Å². The molecule has 6 heteroatoms. The zero-order chi connectivity index (χ0) is 15.7. The van der Waals surface area contributed by atoms with Gasteiger partial charge < -0.3 is 21.8 Å². The molecule has 1 rings (SSSR count). The molecule has 0 aliphatic rings. The standard InChI is InChI=1S/C15H25N5O/c1-20(18)11-13(17)12-7-4-5-8-14(12)19-15(21)9-3-2-6-10-16/h4-5,7-8,11H,2-3,6,9-10,16-18H2,1H3,(H,19,21)/b13-11-. The number of unbranched alkanes of at least 4 members (excludes halogenated alkanes) is 2. The second kappa shape index (κ2) is 8.99. The van der Waals surface area contributed by atoms with E-state index in [9.17, 15) is 4.79 Å². The van der Waals surface area contributed by atoms with E-state index in [-0.39, 0.29) is 5.91 Å². The van der Waals surface area contributed by atoms with E-state index in [1.807, 2.05) is 24.3 Å². The molecule has 116 valence electrons. The number of hydrazine groups is 1. The van der Waals surface area contributed by atoms with Crippen LogP contribution < -0.4 is 22.6 Å². The largest absolute Gasteiger partial charge is 0.397 e. The molecule has 0 saturated heterocycles. The minimum absolute atomic E-state index is 0.0200. The Labute approximate surface area is 125 Å². The highest BCUT2D eigenvalue weighted by Crippen LogP contribution is 2.21. The summed E-state index contributed by atoms with van der Waals surface area (Å²) in [5, 5.41) is 4.27. The molecule has 6 nitrogen and oxygen atoms in total. The maximum Gasteiger partial charge on any atom is 0.224 e. The number of hydrogen-bond donors (Lipinski definition) is 4. The molecular weight excluding hydrogens is 266 g/mol. The lowest BCUT2D eigenvalue weighted by atomic mass is 10.1. The molecule has 1 aromatic rings. The number of nitrogens with zero attached hydrogens (tertiary/aromatic N) is 1. The molecule has 0 fully saturated rings. The van der Waals surface area contributed by atoms with Crippen molar-refractivity contribution in [3.05, 3.63) is 36.0 Å². The number of carbonyl (C=O) groups is 1. The Hall–Kier alpha value is -2.05. The van der Waals surface area contributed by atoms with Crippen LogP contribution in [0.1, 0.15) is 31.2 Å². The maximum atomic E-state index is 11.9. The Bertz CT molecular complexity index is 485. The predicted molar refractivity (Wildman–Crippen MR) is 86.7 cm³/mol. The lowest BCUT2D eigenvalue weighted by Crippen LogP contribution is -2.21. The van der Waals surface area contributed by atoms with Crippen molar-refractivity contribution in [3.63, 3.8) is 0 Å². The number of benzene rings is 1. The molecule has 0 aliphatic heterocycles. The molecule has 0 bridgehead atoms. The average molecular weight is 291 g/mol. The highest BCUT2D eigenvalue weighted by molar-refractivity contribution is 5.93. The number of nitrogens with one attached hydrogen (secondary N) is 1. The fourth-order valence-electron chi connectivity index (χ4n) is 1.95. The van der Waals surface area contributed by atoms with Crippen molar-refractivity contribution in [2.24, 2.45) is 17.3 Å². The van der Waals surface area contributed by atoms with Gasteiger partial charge >= 0.3 is 0 Å². The highest BCUT2D eigenvalue weighted by atomic mass is 16.1. The van der Waals surface area contributed by atoms with Gasteiger partial charge in [-0.2, -0.15) is 0 Å². The van der Waals surface area contributed by atoms with Gasteiger partial charge in [0.2, 0.25) is 5.91 Å². The quantitative estimate of drug-likeness (QED) is 0.327. The highest BCUT2D eigenvalue weighted by Gasteiger charge is 2.08. The summed E-state index contributed by atoms with van der Waals surface area (Å²) in [7, 11) is 1.69. The molecule has 7 N–H and O–H groups in total. The number of amides is 1. The first-order chi connectivity index (χ1) is 10.0. The van der Waals surface area contributed by atoms with E-state index in [0.29, 0.717) is 24.4 Å². The van der Waals surface area contributed by atoms with Gasteiger partial charge in [0.25, 0.3) is 0 Å². The zero-order valence-electron chi connectivity index (χ0n) is 12.5. The van der Waals surface area contributed by atoms with E-state index in [1.54, 1.807) is 13.2 Å². The van der Waals surface area contributed by atoms with Gasteiger partial charge in [-0.25, -0.2) is 5.84 Å². The normalized spacial score (nSPS) is 11.3. The first-order valence-corrected chi connectivity index (χ1v) is 7.08.